The molecule has 38 heavy (non-hydrogen) atoms. The Bertz CT molecular complexity index is 692. The summed E-state index contributed by atoms with van der Waals surface area (Å²) in [6.45, 7) is 0. The van der Waals surface area contributed by atoms with Gasteiger partial charge in [-0.2, -0.15) is 54.6 Å². The summed E-state index contributed by atoms with van der Waals surface area (Å²) < 4.78 is 0. The zero-order valence-corrected chi connectivity index (χ0v) is 25.5. The summed E-state index contributed by atoms with van der Waals surface area (Å²) in [5.74, 6) is 13.0. The van der Waals surface area contributed by atoms with Crippen LogP contribution in [0.25, 0.3) is 0 Å². The van der Waals surface area contributed by atoms with Gasteiger partial charge in [0.1, 0.15) is 0 Å². The maximum Gasteiger partial charge on any atom is 0.00886 e. The molecule has 0 heterocycles. The quantitative estimate of drug-likeness (QED) is 0.0992. The predicted octanol–water partition coefficient (Wildman–Crippen LogP) is 8.72. The van der Waals surface area contributed by atoms with Gasteiger partial charge in [0.05, 0.1) is 0 Å². The fourth-order valence-corrected chi connectivity index (χ4v) is 2.70. The first-order valence-corrected chi connectivity index (χ1v) is 12.2. The van der Waals surface area contributed by atoms with E-state index in [4.69, 9.17) is 0 Å². The van der Waals surface area contributed by atoms with Crippen LogP contribution in [-0.2, 0) is 66.0 Å². The summed E-state index contributed by atoms with van der Waals surface area (Å²) in [4.78, 5) is 0. The van der Waals surface area contributed by atoms with E-state index >= 15 is 0 Å². The molecule has 0 unspecified atom stereocenters. The van der Waals surface area contributed by atoms with Gasteiger partial charge in [0, 0.05) is 91.6 Å². The third-order valence-corrected chi connectivity index (χ3v) is 4.47. The van der Waals surface area contributed by atoms with Crippen molar-refractivity contribution >= 4 is 0 Å². The van der Waals surface area contributed by atoms with Crippen LogP contribution in [0.1, 0.15) is 64.2 Å². The molecule has 1 aliphatic rings. The maximum absolute atomic E-state index is 3.25. The average Bonchev–Trinajstić information content (AvgIpc) is 3.73. The molecule has 0 radical (unpaired) electrons. The zero-order chi connectivity index (χ0) is 24.0. The van der Waals surface area contributed by atoms with Gasteiger partial charge in [-0.1, -0.05) is 12.8 Å². The Labute approximate surface area is 273 Å². The van der Waals surface area contributed by atoms with Crippen molar-refractivity contribution in [2.45, 2.75) is 64.2 Å². The van der Waals surface area contributed by atoms with E-state index in [1.165, 1.54) is 38.5 Å². The summed E-state index contributed by atoms with van der Waals surface area (Å²) in [6.07, 6.45) is 12.0. The van der Waals surface area contributed by atoms with Crippen molar-refractivity contribution in [3.63, 3.8) is 0 Å². The molecule has 0 N–H and O–H groups in total. The molecule has 4 heteroatoms. The smallest absolute Gasteiger partial charge is 0.00886 e. The van der Waals surface area contributed by atoms with Gasteiger partial charge in [-0.05, 0) is 25.7 Å². The maximum atomic E-state index is 3.25. The Morgan fingerprint density at radius 2 is 0.658 bits per heavy atom. The molecule has 0 bridgehead atoms. The van der Waals surface area contributed by atoms with Crippen molar-refractivity contribution in [1.82, 2.24) is 0 Å². The number of rotatable bonds is 0. The van der Waals surface area contributed by atoms with Gasteiger partial charge < -0.3 is 30.3 Å². The molecule has 0 saturated carbocycles. The van der Waals surface area contributed by atoms with Crippen LogP contribution in [0, 0.1) is 47.9 Å². The topological polar surface area (TPSA) is 0 Å². The summed E-state index contributed by atoms with van der Waals surface area (Å²) in [7, 11) is 0. The third-order valence-electron chi connectivity index (χ3n) is 4.47. The molecule has 0 amide bonds. The summed E-state index contributed by atoms with van der Waals surface area (Å²) in [6, 6.07) is 42.0. The molecule has 0 atom stereocenters. The van der Waals surface area contributed by atoms with E-state index in [1.54, 1.807) is 6.07 Å². The van der Waals surface area contributed by atoms with Crippen LogP contribution in [-0.4, -0.2) is 0 Å². The van der Waals surface area contributed by atoms with Crippen LogP contribution >= 0.6 is 0 Å². The second-order valence-corrected chi connectivity index (χ2v) is 7.40. The average molecular weight is 679 g/mol. The molecule has 0 aliphatic heterocycles. The van der Waals surface area contributed by atoms with Crippen molar-refractivity contribution in [2.75, 3.05) is 0 Å². The van der Waals surface area contributed by atoms with Crippen molar-refractivity contribution in [2.24, 2.45) is 0 Å². The van der Waals surface area contributed by atoms with E-state index in [0.717, 1.165) is 25.7 Å². The Balaban J connectivity index is -0.000000202. The first-order valence-electron chi connectivity index (χ1n) is 12.2. The van der Waals surface area contributed by atoms with E-state index in [1.807, 2.05) is 91.0 Å². The Morgan fingerprint density at radius 3 is 0.816 bits per heavy atom. The van der Waals surface area contributed by atoms with E-state index in [-0.39, 0.29) is 66.0 Å². The molecular weight excluding hydrogens is 643 g/mol. The standard InChI is InChI=1S/C14H20.3C5H5.C5H.4Ni/c1-2-4-6-8-10-12-14-13-11-9-7-5-3-1;4*1-2-4-5-3-1;;;;/h1-5,10-14H2;3*1-5H;1H;;;;/q;3*-1;-5;;;;. The predicted molar refractivity (Wildman–Crippen MR) is 145 cm³/mol. The van der Waals surface area contributed by atoms with Crippen LogP contribution in [0.4, 0.5) is 0 Å². The number of hydrogen-bond acceptors (Lipinski definition) is 0. The molecule has 1 aliphatic carbocycles. The fraction of sp³-hybridized carbons (Fsp3) is 0.294. The van der Waals surface area contributed by atoms with E-state index < -0.39 is 0 Å². The minimum atomic E-state index is 0. The molecule has 4 aromatic carbocycles. The minimum Gasteiger partial charge on any atom is -0.999 e. The van der Waals surface area contributed by atoms with E-state index in [0.29, 0.717) is 0 Å². The second-order valence-electron chi connectivity index (χ2n) is 7.40. The zero-order valence-electron chi connectivity index (χ0n) is 21.6. The van der Waals surface area contributed by atoms with Gasteiger partial charge in [0.15, 0.2) is 0 Å². The molecule has 0 nitrogen and oxygen atoms in total. The Morgan fingerprint density at radius 1 is 0.395 bits per heavy atom. The molecule has 0 saturated heterocycles. The molecule has 4 aromatic rings. The van der Waals surface area contributed by atoms with Crippen molar-refractivity contribution in [3.05, 3.63) is 121 Å². The van der Waals surface area contributed by atoms with Crippen molar-refractivity contribution in [1.29, 1.82) is 0 Å². The molecular formula is C34H36Ni4-8. The second kappa shape index (κ2) is 40.0. The molecule has 5 rings (SSSR count). The fourth-order valence-electron chi connectivity index (χ4n) is 2.70. The molecule has 0 aromatic heterocycles. The van der Waals surface area contributed by atoms with Crippen molar-refractivity contribution < 1.29 is 66.0 Å². The van der Waals surface area contributed by atoms with Gasteiger partial charge in [-0.3, -0.25) is 0 Å². The summed E-state index contributed by atoms with van der Waals surface area (Å²) >= 11 is 0. The first kappa shape index (κ1) is 43.5. The first-order chi connectivity index (χ1) is 17.0. The number of hydrogen-bond donors (Lipinski definition) is 0. The minimum absolute atomic E-state index is 0. The van der Waals surface area contributed by atoms with Crippen LogP contribution in [0.5, 0.6) is 0 Å². The normalized spacial score (nSPS) is 11.4. The SMILES string of the molecule is C1#CCCCCCC#CCCCCC1.[Ni].[Ni].[Ni].[Ni].[c-]1[c-][c-][cH-][c-]1.c1cc[cH-]c1.c1cc[cH-]c1.c1cc[cH-]c1. The molecule has 0 spiro atoms. The van der Waals surface area contributed by atoms with Gasteiger partial charge in [-0.25, -0.2) is 36.4 Å². The monoisotopic (exact) mass is 676 g/mol. The summed E-state index contributed by atoms with van der Waals surface area (Å²) in [5.41, 5.74) is 0. The van der Waals surface area contributed by atoms with Crippen molar-refractivity contribution in [3.8, 4) is 23.7 Å². The van der Waals surface area contributed by atoms with Crippen LogP contribution in [0.15, 0.2) is 97.1 Å². The van der Waals surface area contributed by atoms with Crippen LogP contribution in [0.3, 0.4) is 0 Å². The Hall–Kier alpha value is -1.51. The van der Waals surface area contributed by atoms with Gasteiger partial charge in [0.2, 0.25) is 0 Å². The van der Waals surface area contributed by atoms with Gasteiger partial charge in [0.25, 0.3) is 0 Å². The van der Waals surface area contributed by atoms with Gasteiger partial charge in [-0.15, -0.1) is 23.7 Å². The van der Waals surface area contributed by atoms with Crippen LogP contribution < -0.4 is 0 Å². The largest absolute Gasteiger partial charge is 0.999 e. The van der Waals surface area contributed by atoms with Gasteiger partial charge >= 0.3 is 0 Å². The Kier molecular flexibility index (Phi) is 45.8. The third kappa shape index (κ3) is 36.6. The van der Waals surface area contributed by atoms with E-state index in [9.17, 15) is 0 Å². The van der Waals surface area contributed by atoms with Crippen LogP contribution in [0.2, 0.25) is 0 Å². The van der Waals surface area contributed by atoms with E-state index in [2.05, 4.69) is 47.9 Å². The summed E-state index contributed by atoms with van der Waals surface area (Å²) in [5, 5.41) is 0. The molecule has 0 fully saturated rings. The molecule has 220 valence electrons.